The number of rotatable bonds is 4. The van der Waals surface area contributed by atoms with Gasteiger partial charge >= 0.3 is 0 Å². The fourth-order valence-corrected chi connectivity index (χ4v) is 2.96. The molecular formula is C18H14FN3S. The van der Waals surface area contributed by atoms with Crippen molar-refractivity contribution >= 4 is 28.4 Å². The molecule has 0 atom stereocenters. The van der Waals surface area contributed by atoms with E-state index in [9.17, 15) is 9.65 Å². The predicted octanol–water partition coefficient (Wildman–Crippen LogP) is 4.58. The number of nitrogens with one attached hydrogen (secondary N) is 1. The van der Waals surface area contributed by atoms with Crippen LogP contribution < -0.4 is 5.32 Å². The summed E-state index contributed by atoms with van der Waals surface area (Å²) in [5, 5.41) is 14.5. The SMILES string of the molecule is CSc1nc2ccccc2c(NCc2ccc(F)cc2)c1C#N. The summed E-state index contributed by atoms with van der Waals surface area (Å²) in [5.41, 5.74) is 3.10. The molecule has 5 heteroatoms. The van der Waals surface area contributed by atoms with Crippen LogP contribution in [0.1, 0.15) is 11.1 Å². The molecule has 2 aromatic carbocycles. The molecule has 0 saturated heterocycles. The number of anilines is 1. The number of para-hydroxylation sites is 1. The second kappa shape index (κ2) is 6.67. The molecule has 3 nitrogen and oxygen atoms in total. The fourth-order valence-electron chi connectivity index (χ4n) is 2.42. The standard InChI is InChI=1S/C18H14FN3S/c1-23-18-15(10-20)17(14-4-2-3-5-16(14)22-18)21-11-12-6-8-13(19)9-7-12/h2-9H,11H2,1H3,(H,21,22). The van der Waals surface area contributed by atoms with Crippen LogP contribution in [0.2, 0.25) is 0 Å². The normalized spacial score (nSPS) is 10.5. The summed E-state index contributed by atoms with van der Waals surface area (Å²) in [6.07, 6.45) is 1.90. The van der Waals surface area contributed by atoms with Crippen LogP contribution in [0.5, 0.6) is 0 Å². The van der Waals surface area contributed by atoms with Gasteiger partial charge in [0.25, 0.3) is 0 Å². The van der Waals surface area contributed by atoms with E-state index >= 15 is 0 Å². The van der Waals surface area contributed by atoms with Crippen molar-refractivity contribution in [1.82, 2.24) is 4.98 Å². The summed E-state index contributed by atoms with van der Waals surface area (Å²) in [7, 11) is 0. The Morgan fingerprint density at radius 2 is 1.91 bits per heavy atom. The number of nitrogens with zero attached hydrogens (tertiary/aromatic N) is 2. The van der Waals surface area contributed by atoms with Gasteiger partial charge in [-0.15, -0.1) is 11.8 Å². The van der Waals surface area contributed by atoms with Crippen molar-refractivity contribution in [2.75, 3.05) is 11.6 Å². The minimum atomic E-state index is -0.259. The fraction of sp³-hybridized carbons (Fsp3) is 0.111. The number of halogens is 1. The van der Waals surface area contributed by atoms with Crippen LogP contribution in [0, 0.1) is 17.1 Å². The Morgan fingerprint density at radius 3 is 2.61 bits per heavy atom. The van der Waals surface area contributed by atoms with Crippen LogP contribution in [-0.2, 0) is 6.54 Å². The van der Waals surface area contributed by atoms with Crippen LogP contribution in [-0.4, -0.2) is 11.2 Å². The lowest BCUT2D eigenvalue weighted by atomic mass is 10.1. The minimum Gasteiger partial charge on any atom is -0.379 e. The van der Waals surface area contributed by atoms with E-state index in [0.717, 1.165) is 22.2 Å². The summed E-state index contributed by atoms with van der Waals surface area (Å²) in [6, 6.07) is 16.3. The number of fused-ring (bicyclic) bond motifs is 1. The Balaban J connectivity index is 2.04. The van der Waals surface area contributed by atoms with Crippen molar-refractivity contribution in [2.24, 2.45) is 0 Å². The zero-order chi connectivity index (χ0) is 16.2. The smallest absolute Gasteiger partial charge is 0.123 e. The maximum absolute atomic E-state index is 13.0. The van der Waals surface area contributed by atoms with E-state index in [-0.39, 0.29) is 5.82 Å². The molecule has 0 unspecified atom stereocenters. The zero-order valence-electron chi connectivity index (χ0n) is 12.5. The third-order valence-corrected chi connectivity index (χ3v) is 4.23. The van der Waals surface area contributed by atoms with Gasteiger partial charge in [0.2, 0.25) is 0 Å². The molecule has 0 fully saturated rings. The molecule has 0 radical (unpaired) electrons. The molecule has 0 bridgehead atoms. The summed E-state index contributed by atoms with van der Waals surface area (Å²) < 4.78 is 13.0. The Hall–Kier alpha value is -2.58. The van der Waals surface area contributed by atoms with Gasteiger partial charge in [0.15, 0.2) is 0 Å². The number of benzene rings is 2. The van der Waals surface area contributed by atoms with Gasteiger partial charge in [-0.2, -0.15) is 5.26 Å². The molecule has 3 aromatic rings. The number of hydrogen-bond acceptors (Lipinski definition) is 4. The molecule has 0 aliphatic rings. The molecule has 114 valence electrons. The van der Waals surface area contributed by atoms with Crippen molar-refractivity contribution < 1.29 is 4.39 Å². The first kappa shape index (κ1) is 15.3. The zero-order valence-corrected chi connectivity index (χ0v) is 13.3. The largest absolute Gasteiger partial charge is 0.379 e. The van der Waals surface area contributed by atoms with Crippen LogP contribution in [0.25, 0.3) is 10.9 Å². The third-order valence-electron chi connectivity index (χ3n) is 3.55. The van der Waals surface area contributed by atoms with Crippen LogP contribution in [0.3, 0.4) is 0 Å². The van der Waals surface area contributed by atoms with Gasteiger partial charge in [0.05, 0.1) is 11.2 Å². The van der Waals surface area contributed by atoms with Crippen molar-refractivity contribution in [3.63, 3.8) is 0 Å². The molecule has 1 N–H and O–H groups in total. The summed E-state index contributed by atoms with van der Waals surface area (Å²) in [6.45, 7) is 0.511. The Bertz CT molecular complexity index is 885. The molecule has 0 saturated carbocycles. The lowest BCUT2D eigenvalue weighted by Gasteiger charge is -2.14. The van der Waals surface area contributed by atoms with E-state index in [4.69, 9.17) is 0 Å². The van der Waals surface area contributed by atoms with Gasteiger partial charge in [-0.05, 0) is 30.0 Å². The number of hydrogen-bond donors (Lipinski definition) is 1. The topological polar surface area (TPSA) is 48.7 Å². The van der Waals surface area contributed by atoms with E-state index in [1.165, 1.54) is 23.9 Å². The molecular weight excluding hydrogens is 309 g/mol. The second-order valence-electron chi connectivity index (χ2n) is 4.98. The first-order valence-corrected chi connectivity index (χ1v) is 8.30. The highest BCUT2D eigenvalue weighted by Crippen LogP contribution is 2.32. The van der Waals surface area contributed by atoms with Crippen molar-refractivity contribution in [3.05, 3.63) is 65.5 Å². The molecule has 0 aliphatic heterocycles. The number of nitriles is 1. The van der Waals surface area contributed by atoms with E-state index in [0.29, 0.717) is 17.1 Å². The first-order valence-electron chi connectivity index (χ1n) is 7.08. The van der Waals surface area contributed by atoms with E-state index < -0.39 is 0 Å². The Labute approximate surface area is 138 Å². The molecule has 0 spiro atoms. The van der Waals surface area contributed by atoms with E-state index in [2.05, 4.69) is 16.4 Å². The average Bonchev–Trinajstić information content (AvgIpc) is 2.60. The quantitative estimate of drug-likeness (QED) is 0.714. The van der Waals surface area contributed by atoms with Gasteiger partial charge in [0.1, 0.15) is 22.5 Å². The predicted molar refractivity (Wildman–Crippen MR) is 92.0 cm³/mol. The third kappa shape index (κ3) is 3.13. The Kier molecular flexibility index (Phi) is 4.45. The average molecular weight is 323 g/mol. The number of thioether (sulfide) groups is 1. The van der Waals surface area contributed by atoms with Gasteiger partial charge in [-0.3, -0.25) is 0 Å². The van der Waals surface area contributed by atoms with Crippen molar-refractivity contribution in [2.45, 2.75) is 11.6 Å². The number of pyridine rings is 1. The lowest BCUT2D eigenvalue weighted by Crippen LogP contribution is -2.04. The van der Waals surface area contributed by atoms with Crippen LogP contribution in [0.4, 0.5) is 10.1 Å². The van der Waals surface area contributed by atoms with Crippen molar-refractivity contribution in [1.29, 1.82) is 5.26 Å². The first-order chi connectivity index (χ1) is 11.2. The van der Waals surface area contributed by atoms with Gasteiger partial charge in [0, 0.05) is 11.9 Å². The minimum absolute atomic E-state index is 0.259. The van der Waals surface area contributed by atoms with Gasteiger partial charge < -0.3 is 5.32 Å². The summed E-state index contributed by atoms with van der Waals surface area (Å²) in [4.78, 5) is 4.54. The monoisotopic (exact) mass is 323 g/mol. The summed E-state index contributed by atoms with van der Waals surface area (Å²) in [5.74, 6) is -0.259. The maximum atomic E-state index is 13.0. The number of aromatic nitrogens is 1. The molecule has 0 aliphatic carbocycles. The van der Waals surface area contributed by atoms with Crippen LogP contribution >= 0.6 is 11.8 Å². The molecule has 3 rings (SSSR count). The summed E-state index contributed by atoms with van der Waals surface area (Å²) >= 11 is 1.45. The van der Waals surface area contributed by atoms with Gasteiger partial charge in [-0.25, -0.2) is 9.37 Å². The van der Waals surface area contributed by atoms with Crippen molar-refractivity contribution in [3.8, 4) is 6.07 Å². The highest BCUT2D eigenvalue weighted by Gasteiger charge is 2.14. The Morgan fingerprint density at radius 1 is 1.17 bits per heavy atom. The molecule has 1 aromatic heterocycles. The molecule has 1 heterocycles. The maximum Gasteiger partial charge on any atom is 0.123 e. The molecule has 23 heavy (non-hydrogen) atoms. The van der Waals surface area contributed by atoms with E-state index in [1.807, 2.05) is 30.5 Å². The lowest BCUT2D eigenvalue weighted by molar-refractivity contribution is 0.627. The highest BCUT2D eigenvalue weighted by molar-refractivity contribution is 7.98. The van der Waals surface area contributed by atoms with Crippen LogP contribution in [0.15, 0.2) is 53.6 Å². The van der Waals surface area contributed by atoms with Gasteiger partial charge in [-0.1, -0.05) is 30.3 Å². The molecule has 0 amide bonds. The van der Waals surface area contributed by atoms with E-state index in [1.54, 1.807) is 12.1 Å². The highest BCUT2D eigenvalue weighted by atomic mass is 32.2. The second-order valence-corrected chi connectivity index (χ2v) is 5.77.